The van der Waals surface area contributed by atoms with Gasteiger partial charge in [0.15, 0.2) is 0 Å². The zero-order valence-electron chi connectivity index (χ0n) is 8.64. The van der Waals surface area contributed by atoms with Crippen molar-refractivity contribution in [2.24, 2.45) is 0 Å². The van der Waals surface area contributed by atoms with Crippen LogP contribution >= 0.6 is 0 Å². The summed E-state index contributed by atoms with van der Waals surface area (Å²) in [5.74, 6) is 0.479. The van der Waals surface area contributed by atoms with Crippen molar-refractivity contribution >= 4 is 8.32 Å². The highest BCUT2D eigenvalue weighted by Crippen LogP contribution is 2.23. The molecule has 0 aromatic heterocycles. The second-order valence-corrected chi connectivity index (χ2v) is 7.61. The predicted octanol–water partition coefficient (Wildman–Crippen LogP) is 3.13. The third-order valence-electron chi connectivity index (χ3n) is 2.49. The second kappa shape index (κ2) is 5.25. The Morgan fingerprint density at radius 1 is 1.17 bits per heavy atom. The van der Waals surface area contributed by atoms with Gasteiger partial charge < -0.3 is 9.16 Å². The van der Waals surface area contributed by atoms with Crippen molar-refractivity contribution in [2.45, 2.75) is 38.9 Å². The molecule has 12 heavy (non-hydrogen) atoms. The van der Waals surface area contributed by atoms with Crippen LogP contribution in [-0.4, -0.2) is 15.4 Å². The summed E-state index contributed by atoms with van der Waals surface area (Å²) < 4.78 is 10.7. The Morgan fingerprint density at radius 2 is 1.58 bits per heavy atom. The molecule has 0 N–H and O–H groups in total. The van der Waals surface area contributed by atoms with Gasteiger partial charge in [-0.2, -0.15) is 0 Å². The van der Waals surface area contributed by atoms with Crippen LogP contribution in [0, 0.1) is 0 Å². The highest BCUT2D eigenvalue weighted by atomic mass is 28.4. The lowest BCUT2D eigenvalue weighted by atomic mass is 10.9. The molecule has 0 aliphatic rings. The van der Waals surface area contributed by atoms with Gasteiger partial charge in [-0.05, 0) is 24.7 Å². The average molecular weight is 188 g/mol. The Bertz CT molecular complexity index is 133. The summed E-state index contributed by atoms with van der Waals surface area (Å²) >= 11 is 0. The van der Waals surface area contributed by atoms with Gasteiger partial charge in [-0.25, -0.2) is 0 Å². The van der Waals surface area contributed by atoms with E-state index in [2.05, 4.69) is 27.4 Å². The van der Waals surface area contributed by atoms with Crippen LogP contribution in [0.5, 0.6) is 0 Å². The molecule has 0 fully saturated rings. The lowest BCUT2D eigenvalue weighted by Gasteiger charge is -2.28. The van der Waals surface area contributed by atoms with E-state index in [-0.39, 0.29) is 0 Å². The number of rotatable bonds is 6. The van der Waals surface area contributed by atoms with Crippen LogP contribution in [0.1, 0.15) is 20.8 Å². The van der Waals surface area contributed by atoms with Gasteiger partial charge in [0.05, 0.1) is 7.11 Å². The maximum atomic E-state index is 5.76. The molecule has 0 spiro atoms. The van der Waals surface area contributed by atoms with E-state index in [9.17, 15) is 0 Å². The first kappa shape index (κ1) is 11.6. The molecule has 0 heterocycles. The van der Waals surface area contributed by atoms with Crippen molar-refractivity contribution in [3.8, 4) is 0 Å². The van der Waals surface area contributed by atoms with Crippen LogP contribution in [0.2, 0.25) is 18.1 Å². The molecule has 0 aromatic carbocycles. The van der Waals surface area contributed by atoms with E-state index < -0.39 is 8.32 Å². The standard InChI is InChI=1S/C9H20O2Si/c1-6-12(7-2,8-3)11-9(4)10-5/h4,6-8H2,1-3,5H3. The van der Waals surface area contributed by atoms with Gasteiger partial charge in [0.25, 0.3) is 14.3 Å². The van der Waals surface area contributed by atoms with E-state index in [1.165, 1.54) is 0 Å². The molecule has 0 radical (unpaired) electrons. The van der Waals surface area contributed by atoms with Gasteiger partial charge in [-0.15, -0.1) is 0 Å². The molecule has 72 valence electrons. The van der Waals surface area contributed by atoms with Crippen molar-refractivity contribution in [1.82, 2.24) is 0 Å². The van der Waals surface area contributed by atoms with Crippen molar-refractivity contribution in [3.63, 3.8) is 0 Å². The summed E-state index contributed by atoms with van der Waals surface area (Å²) in [7, 11) is 0.0737. The molecule has 3 heteroatoms. The van der Waals surface area contributed by atoms with E-state index in [0.717, 1.165) is 18.1 Å². The normalized spacial score (nSPS) is 11.0. The van der Waals surface area contributed by atoms with Gasteiger partial charge in [0.2, 0.25) is 0 Å². The molecule has 2 nitrogen and oxygen atoms in total. The zero-order chi connectivity index (χ0) is 9.61. The summed E-state index contributed by atoms with van der Waals surface area (Å²) in [6, 6.07) is 3.38. The largest absolute Gasteiger partial charge is 0.519 e. The van der Waals surface area contributed by atoms with Gasteiger partial charge in [-0.3, -0.25) is 0 Å². The quantitative estimate of drug-likeness (QED) is 0.471. The van der Waals surface area contributed by atoms with Gasteiger partial charge in [-0.1, -0.05) is 20.8 Å². The first-order valence-corrected chi connectivity index (χ1v) is 7.09. The molecular formula is C9H20O2Si. The fourth-order valence-electron chi connectivity index (χ4n) is 1.25. The molecular weight excluding hydrogens is 168 g/mol. The minimum atomic E-state index is -1.53. The number of hydrogen-bond donors (Lipinski definition) is 0. The summed E-state index contributed by atoms with van der Waals surface area (Å²) in [4.78, 5) is 0. The molecule has 0 atom stereocenters. The molecule has 0 saturated carbocycles. The van der Waals surface area contributed by atoms with Crippen LogP contribution in [-0.2, 0) is 9.16 Å². The maximum Gasteiger partial charge on any atom is 0.257 e. The lowest BCUT2D eigenvalue weighted by molar-refractivity contribution is 0.146. The van der Waals surface area contributed by atoms with Gasteiger partial charge in [0.1, 0.15) is 0 Å². The van der Waals surface area contributed by atoms with Crippen LogP contribution in [0.3, 0.4) is 0 Å². The Labute approximate surface area is 76.7 Å². The number of hydrogen-bond acceptors (Lipinski definition) is 2. The summed E-state index contributed by atoms with van der Waals surface area (Å²) in [5, 5.41) is 0. The molecule has 0 aliphatic carbocycles. The van der Waals surface area contributed by atoms with Crippen LogP contribution in [0.25, 0.3) is 0 Å². The third kappa shape index (κ3) is 2.89. The Balaban J connectivity index is 4.19. The van der Waals surface area contributed by atoms with Crippen LogP contribution < -0.4 is 0 Å². The molecule has 0 rings (SSSR count). The fraction of sp³-hybridized carbons (Fsp3) is 0.778. The zero-order valence-corrected chi connectivity index (χ0v) is 9.64. The highest BCUT2D eigenvalue weighted by Gasteiger charge is 2.31. The van der Waals surface area contributed by atoms with Crippen LogP contribution in [0.4, 0.5) is 0 Å². The predicted molar refractivity (Wildman–Crippen MR) is 54.4 cm³/mol. The van der Waals surface area contributed by atoms with Crippen molar-refractivity contribution in [1.29, 1.82) is 0 Å². The minimum Gasteiger partial charge on any atom is -0.519 e. The first-order valence-electron chi connectivity index (χ1n) is 4.56. The Hall–Kier alpha value is -0.443. The second-order valence-electron chi connectivity index (χ2n) is 2.92. The van der Waals surface area contributed by atoms with E-state index in [1.54, 1.807) is 7.11 Å². The third-order valence-corrected chi connectivity index (χ3v) is 7.02. The molecule has 0 saturated heterocycles. The molecule has 0 aliphatic heterocycles. The first-order chi connectivity index (χ1) is 5.64. The van der Waals surface area contributed by atoms with E-state index in [1.807, 2.05) is 0 Å². The Kier molecular flexibility index (Phi) is 5.05. The molecule has 0 unspecified atom stereocenters. The number of ether oxygens (including phenoxy) is 1. The van der Waals surface area contributed by atoms with E-state index >= 15 is 0 Å². The molecule has 0 amide bonds. The highest BCUT2D eigenvalue weighted by molar-refractivity contribution is 6.73. The van der Waals surface area contributed by atoms with Crippen molar-refractivity contribution < 1.29 is 9.16 Å². The average Bonchev–Trinajstić information content (AvgIpc) is 2.14. The van der Waals surface area contributed by atoms with Crippen molar-refractivity contribution in [3.05, 3.63) is 12.5 Å². The SMILES string of the molecule is C=C(OC)O[Si](CC)(CC)CC. The monoisotopic (exact) mass is 188 g/mol. The van der Waals surface area contributed by atoms with Crippen molar-refractivity contribution in [2.75, 3.05) is 7.11 Å². The van der Waals surface area contributed by atoms with Crippen LogP contribution in [0.15, 0.2) is 12.5 Å². The molecule has 0 bridgehead atoms. The maximum absolute atomic E-state index is 5.76. The Morgan fingerprint density at radius 3 is 1.83 bits per heavy atom. The van der Waals surface area contributed by atoms with Gasteiger partial charge in [0, 0.05) is 0 Å². The number of methoxy groups -OCH3 is 1. The lowest BCUT2D eigenvalue weighted by Crippen LogP contribution is -2.35. The summed E-state index contributed by atoms with van der Waals surface area (Å²) in [6.45, 7) is 10.2. The van der Waals surface area contributed by atoms with Gasteiger partial charge >= 0.3 is 0 Å². The van der Waals surface area contributed by atoms with E-state index in [4.69, 9.17) is 9.16 Å². The topological polar surface area (TPSA) is 18.5 Å². The van der Waals surface area contributed by atoms with E-state index in [0.29, 0.717) is 5.95 Å². The fourth-order valence-corrected chi connectivity index (χ4v) is 3.75. The summed E-state index contributed by atoms with van der Waals surface area (Å²) in [5.41, 5.74) is 0. The minimum absolute atomic E-state index is 0.479. The summed E-state index contributed by atoms with van der Waals surface area (Å²) in [6.07, 6.45) is 0. The molecule has 0 aromatic rings. The smallest absolute Gasteiger partial charge is 0.257 e.